The van der Waals surface area contributed by atoms with Gasteiger partial charge in [0.05, 0.1) is 0 Å². The van der Waals surface area contributed by atoms with E-state index in [1.165, 1.54) is 11.3 Å². The Kier molecular flexibility index (Phi) is 4.18. The Labute approximate surface area is 148 Å². The molecule has 124 valence electrons. The third-order valence-electron chi connectivity index (χ3n) is 3.74. The highest BCUT2D eigenvalue weighted by Gasteiger charge is 2.17. The van der Waals surface area contributed by atoms with Gasteiger partial charge in [0.1, 0.15) is 18.1 Å². The minimum absolute atomic E-state index is 0.221. The molecule has 0 fully saturated rings. The molecule has 0 saturated carbocycles. The summed E-state index contributed by atoms with van der Waals surface area (Å²) in [6.45, 7) is 0.221. The molecule has 5 nitrogen and oxygen atoms in total. The minimum atomic E-state index is -0.506. The number of anilines is 1. The Balaban J connectivity index is 1.58. The van der Waals surface area contributed by atoms with E-state index in [1.807, 2.05) is 76.6 Å². The van der Waals surface area contributed by atoms with E-state index in [2.05, 4.69) is 10.3 Å². The van der Waals surface area contributed by atoms with Crippen molar-refractivity contribution in [1.82, 2.24) is 9.38 Å². The number of rotatable bonds is 4. The lowest BCUT2D eigenvalue weighted by Crippen LogP contribution is -2.15. The molecule has 1 N–H and O–H groups in total. The van der Waals surface area contributed by atoms with Gasteiger partial charge in [-0.1, -0.05) is 60.7 Å². The number of fused-ring (bicyclic) bond motifs is 1. The minimum Gasteiger partial charge on any atom is -0.444 e. The lowest BCUT2D eigenvalue weighted by atomic mass is 10.1. The molecule has 1 amide bonds. The van der Waals surface area contributed by atoms with E-state index in [0.29, 0.717) is 5.82 Å². The first-order chi connectivity index (χ1) is 12.3. The lowest BCUT2D eigenvalue weighted by Gasteiger charge is -2.08. The predicted molar refractivity (Wildman–Crippen MR) is 98.8 cm³/mol. The van der Waals surface area contributed by atoms with Crippen LogP contribution >= 0.6 is 11.3 Å². The molecule has 0 saturated heterocycles. The molecule has 2 aromatic heterocycles. The average molecular weight is 349 g/mol. The topological polar surface area (TPSA) is 55.6 Å². The molecule has 2 heterocycles. The maximum atomic E-state index is 12.3. The highest BCUT2D eigenvalue weighted by molar-refractivity contribution is 7.15. The zero-order valence-electron chi connectivity index (χ0n) is 13.3. The Bertz CT molecular complexity index is 993. The summed E-state index contributed by atoms with van der Waals surface area (Å²) < 4.78 is 7.19. The first-order valence-electron chi connectivity index (χ1n) is 7.80. The maximum Gasteiger partial charge on any atom is 0.413 e. The Hall–Kier alpha value is -3.12. The van der Waals surface area contributed by atoms with Crippen molar-refractivity contribution in [3.63, 3.8) is 0 Å². The number of thiazole rings is 1. The maximum absolute atomic E-state index is 12.3. The number of nitrogens with zero attached hydrogens (tertiary/aromatic N) is 2. The van der Waals surface area contributed by atoms with Crippen molar-refractivity contribution in [1.29, 1.82) is 0 Å². The second kappa shape index (κ2) is 6.78. The zero-order valence-corrected chi connectivity index (χ0v) is 14.1. The van der Waals surface area contributed by atoms with E-state index in [9.17, 15) is 4.79 Å². The van der Waals surface area contributed by atoms with Gasteiger partial charge in [-0.15, -0.1) is 11.3 Å². The monoisotopic (exact) mass is 349 g/mol. The SMILES string of the molecule is O=C(Nc1c(-c2ccccc2)nc2sccn12)OCc1ccccc1. The van der Waals surface area contributed by atoms with Crippen molar-refractivity contribution < 1.29 is 9.53 Å². The van der Waals surface area contributed by atoms with Crippen LogP contribution in [0.2, 0.25) is 0 Å². The molecular formula is C19H15N3O2S. The molecule has 0 unspecified atom stereocenters. The number of carbonyl (C=O) groups excluding carboxylic acids is 1. The van der Waals surface area contributed by atoms with Gasteiger partial charge in [-0.2, -0.15) is 0 Å². The number of carbonyl (C=O) groups is 1. The van der Waals surface area contributed by atoms with Gasteiger partial charge in [0.2, 0.25) is 0 Å². The van der Waals surface area contributed by atoms with Crippen LogP contribution in [0.4, 0.5) is 10.6 Å². The molecule has 4 aromatic rings. The van der Waals surface area contributed by atoms with Gasteiger partial charge in [0.25, 0.3) is 0 Å². The molecule has 0 aliphatic heterocycles. The van der Waals surface area contributed by atoms with Crippen LogP contribution in [-0.2, 0) is 11.3 Å². The van der Waals surface area contributed by atoms with Gasteiger partial charge in [-0.25, -0.2) is 9.78 Å². The van der Waals surface area contributed by atoms with Crippen molar-refractivity contribution in [2.24, 2.45) is 0 Å². The van der Waals surface area contributed by atoms with Crippen LogP contribution in [0.5, 0.6) is 0 Å². The van der Waals surface area contributed by atoms with Crippen molar-refractivity contribution in [2.45, 2.75) is 6.61 Å². The van der Waals surface area contributed by atoms with Crippen molar-refractivity contribution in [3.8, 4) is 11.3 Å². The third kappa shape index (κ3) is 3.25. The highest BCUT2D eigenvalue weighted by Crippen LogP contribution is 2.30. The summed E-state index contributed by atoms with van der Waals surface area (Å²) in [5, 5.41) is 4.76. The summed E-state index contributed by atoms with van der Waals surface area (Å²) >= 11 is 1.51. The van der Waals surface area contributed by atoms with E-state index in [1.54, 1.807) is 0 Å². The largest absolute Gasteiger partial charge is 0.444 e. The van der Waals surface area contributed by atoms with Crippen LogP contribution in [0.3, 0.4) is 0 Å². The Morgan fingerprint density at radius 3 is 2.56 bits per heavy atom. The summed E-state index contributed by atoms with van der Waals surface area (Å²) in [5.41, 5.74) is 2.61. The zero-order chi connectivity index (χ0) is 17.1. The van der Waals surface area contributed by atoms with E-state index in [4.69, 9.17) is 4.74 Å². The number of benzene rings is 2. The van der Waals surface area contributed by atoms with Crippen LogP contribution < -0.4 is 5.32 Å². The third-order valence-corrected chi connectivity index (χ3v) is 4.50. The highest BCUT2D eigenvalue weighted by atomic mass is 32.1. The fourth-order valence-corrected chi connectivity index (χ4v) is 3.27. The van der Waals surface area contributed by atoms with Crippen molar-refractivity contribution in [3.05, 3.63) is 77.8 Å². The number of hydrogen-bond acceptors (Lipinski definition) is 4. The summed E-state index contributed by atoms with van der Waals surface area (Å²) in [7, 11) is 0. The van der Waals surface area contributed by atoms with E-state index in [0.717, 1.165) is 21.8 Å². The summed E-state index contributed by atoms with van der Waals surface area (Å²) in [6, 6.07) is 19.3. The second-order valence-corrected chi connectivity index (χ2v) is 6.29. The molecule has 0 atom stereocenters. The van der Waals surface area contributed by atoms with Crippen LogP contribution in [0, 0.1) is 0 Å². The fourth-order valence-electron chi connectivity index (χ4n) is 2.56. The van der Waals surface area contributed by atoms with Gasteiger partial charge in [0.15, 0.2) is 4.96 Å². The summed E-state index contributed by atoms with van der Waals surface area (Å²) in [5.74, 6) is 0.612. The first-order valence-corrected chi connectivity index (χ1v) is 8.68. The van der Waals surface area contributed by atoms with E-state index in [-0.39, 0.29) is 6.61 Å². The first kappa shape index (κ1) is 15.4. The molecule has 0 spiro atoms. The number of nitrogens with one attached hydrogen (secondary N) is 1. The summed E-state index contributed by atoms with van der Waals surface area (Å²) in [6.07, 6.45) is 1.38. The van der Waals surface area contributed by atoms with E-state index >= 15 is 0 Å². The van der Waals surface area contributed by atoms with Crippen molar-refractivity contribution in [2.75, 3.05) is 5.32 Å². The van der Waals surface area contributed by atoms with Gasteiger partial charge in [0, 0.05) is 17.1 Å². The standard InChI is InChI=1S/C19H15N3O2S/c23-19(24-13-14-7-3-1-4-8-14)21-17-16(15-9-5-2-6-10-15)20-18-22(17)11-12-25-18/h1-12H,13H2,(H,21,23). The van der Waals surface area contributed by atoms with Gasteiger partial charge in [-0.05, 0) is 5.56 Å². The fraction of sp³-hybridized carbons (Fsp3) is 0.0526. The molecule has 4 rings (SSSR count). The number of amides is 1. The average Bonchev–Trinajstić information content (AvgIpc) is 3.24. The normalized spacial score (nSPS) is 10.7. The van der Waals surface area contributed by atoms with Gasteiger partial charge >= 0.3 is 6.09 Å². The lowest BCUT2D eigenvalue weighted by molar-refractivity contribution is 0.155. The Morgan fingerprint density at radius 1 is 1.08 bits per heavy atom. The van der Waals surface area contributed by atoms with Gasteiger partial charge < -0.3 is 4.74 Å². The number of hydrogen-bond donors (Lipinski definition) is 1. The molecule has 2 aromatic carbocycles. The Morgan fingerprint density at radius 2 is 1.80 bits per heavy atom. The van der Waals surface area contributed by atoms with Crippen LogP contribution in [0.15, 0.2) is 72.2 Å². The molecule has 6 heteroatoms. The summed E-state index contributed by atoms with van der Waals surface area (Å²) in [4.78, 5) is 17.7. The molecule has 0 radical (unpaired) electrons. The van der Waals surface area contributed by atoms with E-state index < -0.39 is 6.09 Å². The van der Waals surface area contributed by atoms with Crippen LogP contribution in [-0.4, -0.2) is 15.5 Å². The quantitative estimate of drug-likeness (QED) is 0.575. The molecule has 0 bridgehead atoms. The molecule has 0 aliphatic carbocycles. The molecule has 0 aliphatic rings. The predicted octanol–water partition coefficient (Wildman–Crippen LogP) is 4.81. The molecular weight excluding hydrogens is 334 g/mol. The van der Waals surface area contributed by atoms with Crippen LogP contribution in [0.1, 0.15) is 5.56 Å². The van der Waals surface area contributed by atoms with Gasteiger partial charge in [-0.3, -0.25) is 9.72 Å². The van der Waals surface area contributed by atoms with Crippen LogP contribution in [0.25, 0.3) is 16.2 Å². The van der Waals surface area contributed by atoms with Crippen molar-refractivity contribution >= 4 is 28.2 Å². The number of imidazole rings is 1. The molecule has 25 heavy (non-hydrogen) atoms. The smallest absolute Gasteiger partial charge is 0.413 e. The number of aromatic nitrogens is 2. The second-order valence-electron chi connectivity index (χ2n) is 5.42. The number of ether oxygens (including phenoxy) is 1.